The Bertz CT molecular complexity index is 968. The van der Waals surface area contributed by atoms with Gasteiger partial charge in [-0.3, -0.25) is 0 Å². The minimum atomic E-state index is 0.852. The van der Waals surface area contributed by atoms with Crippen molar-refractivity contribution in [2.75, 3.05) is 13.1 Å². The Labute approximate surface area is 168 Å². The maximum atomic E-state index is 4.99. The fourth-order valence-electron chi connectivity index (χ4n) is 3.54. The van der Waals surface area contributed by atoms with E-state index in [4.69, 9.17) is 9.97 Å². The topological polar surface area (TPSA) is 60.9 Å². The molecule has 1 saturated heterocycles. The molecule has 8 heteroatoms. The van der Waals surface area contributed by atoms with Crippen molar-refractivity contribution in [1.29, 1.82) is 0 Å². The third kappa shape index (κ3) is 3.75. The van der Waals surface area contributed by atoms with Crippen LogP contribution in [-0.2, 0) is 13.6 Å². The molecule has 3 aromatic heterocycles. The molecular weight excluding hydrogens is 376 g/mol. The van der Waals surface area contributed by atoms with Crippen molar-refractivity contribution in [2.45, 2.75) is 57.3 Å². The van der Waals surface area contributed by atoms with Gasteiger partial charge >= 0.3 is 0 Å². The summed E-state index contributed by atoms with van der Waals surface area (Å²) in [6.45, 7) is 12.0. The van der Waals surface area contributed by atoms with E-state index in [0.29, 0.717) is 0 Å². The average molecular weight is 404 g/mol. The summed E-state index contributed by atoms with van der Waals surface area (Å²) < 4.78 is 2.02. The molecule has 0 unspecified atom stereocenters. The van der Waals surface area contributed by atoms with E-state index >= 15 is 0 Å². The standard InChI is InChI=1S/C19H26N6S2/c1-11-6-8-25(9-7-11)10-15-20-17-16(12(2)13(3)26-17)18(21-15)27-19-23-22-14(4)24(19)5/h11H,6-10H2,1-5H3/p+1. The van der Waals surface area contributed by atoms with Crippen LogP contribution in [-0.4, -0.2) is 37.8 Å². The number of aryl methyl sites for hydroxylation is 3. The number of thiophene rings is 1. The van der Waals surface area contributed by atoms with E-state index in [0.717, 1.165) is 39.1 Å². The number of piperidine rings is 1. The normalized spacial score (nSPS) is 20.5. The molecule has 0 bridgehead atoms. The molecule has 0 aliphatic carbocycles. The van der Waals surface area contributed by atoms with Crippen molar-refractivity contribution in [3.8, 4) is 0 Å². The maximum Gasteiger partial charge on any atom is 0.197 e. The number of likely N-dealkylation sites (tertiary alicyclic amines) is 1. The van der Waals surface area contributed by atoms with Gasteiger partial charge in [-0.05, 0) is 56.9 Å². The number of aromatic nitrogens is 5. The molecule has 0 aromatic carbocycles. The second kappa shape index (κ2) is 7.48. The molecule has 0 saturated carbocycles. The molecule has 1 aliphatic rings. The second-order valence-electron chi connectivity index (χ2n) is 7.71. The smallest absolute Gasteiger partial charge is 0.197 e. The molecule has 4 rings (SSSR count). The van der Waals surface area contributed by atoms with E-state index in [-0.39, 0.29) is 0 Å². The van der Waals surface area contributed by atoms with Crippen molar-refractivity contribution in [2.24, 2.45) is 13.0 Å². The van der Waals surface area contributed by atoms with Gasteiger partial charge in [-0.25, -0.2) is 9.97 Å². The first-order valence-corrected chi connectivity index (χ1v) is 11.2. The first kappa shape index (κ1) is 18.8. The molecule has 1 aliphatic heterocycles. The number of hydrogen-bond acceptors (Lipinski definition) is 6. The van der Waals surface area contributed by atoms with Gasteiger partial charge in [-0.15, -0.1) is 21.5 Å². The molecule has 6 nitrogen and oxygen atoms in total. The van der Waals surface area contributed by atoms with E-state index in [9.17, 15) is 0 Å². The van der Waals surface area contributed by atoms with Crippen LogP contribution in [0.25, 0.3) is 10.2 Å². The summed E-state index contributed by atoms with van der Waals surface area (Å²) in [6.07, 6.45) is 2.60. The second-order valence-corrected chi connectivity index (χ2v) is 9.87. The summed E-state index contributed by atoms with van der Waals surface area (Å²) in [6, 6.07) is 0. The Morgan fingerprint density at radius 3 is 2.56 bits per heavy atom. The summed E-state index contributed by atoms with van der Waals surface area (Å²) in [5, 5.41) is 11.6. The molecule has 3 aromatic rings. The zero-order valence-corrected chi connectivity index (χ0v) is 18.3. The summed E-state index contributed by atoms with van der Waals surface area (Å²) >= 11 is 3.38. The quantitative estimate of drug-likeness (QED) is 0.679. The van der Waals surface area contributed by atoms with Crippen LogP contribution in [0.15, 0.2) is 10.2 Å². The average Bonchev–Trinajstić information content (AvgIpc) is 3.10. The van der Waals surface area contributed by atoms with Crippen molar-refractivity contribution in [1.82, 2.24) is 24.7 Å². The van der Waals surface area contributed by atoms with E-state index in [1.165, 1.54) is 41.8 Å². The van der Waals surface area contributed by atoms with Crippen LogP contribution >= 0.6 is 23.1 Å². The van der Waals surface area contributed by atoms with Crippen LogP contribution in [0.2, 0.25) is 0 Å². The van der Waals surface area contributed by atoms with Crippen LogP contribution in [0.1, 0.15) is 41.9 Å². The number of nitrogens with zero attached hydrogens (tertiary/aromatic N) is 5. The number of quaternary nitrogens is 1. The lowest BCUT2D eigenvalue weighted by atomic mass is 9.99. The summed E-state index contributed by atoms with van der Waals surface area (Å²) in [5.74, 6) is 2.72. The highest BCUT2D eigenvalue weighted by atomic mass is 32.2. The van der Waals surface area contributed by atoms with Crippen LogP contribution in [0, 0.1) is 26.7 Å². The van der Waals surface area contributed by atoms with E-state index in [1.54, 1.807) is 28.0 Å². The van der Waals surface area contributed by atoms with Crippen molar-refractivity contribution in [3.05, 3.63) is 22.1 Å². The van der Waals surface area contributed by atoms with E-state index in [2.05, 4.69) is 31.0 Å². The number of nitrogens with one attached hydrogen (secondary N) is 1. The molecule has 27 heavy (non-hydrogen) atoms. The third-order valence-corrected chi connectivity index (χ3v) is 7.80. The Balaban J connectivity index is 1.70. The minimum absolute atomic E-state index is 0.852. The number of rotatable bonds is 4. The monoisotopic (exact) mass is 403 g/mol. The van der Waals surface area contributed by atoms with Gasteiger partial charge in [0, 0.05) is 17.3 Å². The molecule has 0 atom stereocenters. The lowest BCUT2D eigenvalue weighted by Crippen LogP contribution is -3.11. The Morgan fingerprint density at radius 1 is 1.15 bits per heavy atom. The van der Waals surface area contributed by atoms with Crippen molar-refractivity contribution in [3.63, 3.8) is 0 Å². The first-order valence-electron chi connectivity index (χ1n) is 9.56. The Kier molecular flexibility index (Phi) is 5.22. The molecule has 0 spiro atoms. The number of fused-ring (bicyclic) bond motifs is 1. The van der Waals surface area contributed by atoms with Gasteiger partial charge in [0.25, 0.3) is 0 Å². The molecule has 0 radical (unpaired) electrons. The largest absolute Gasteiger partial charge is 0.329 e. The zero-order chi connectivity index (χ0) is 19.1. The van der Waals surface area contributed by atoms with Gasteiger partial charge in [0.1, 0.15) is 22.2 Å². The fourth-order valence-corrected chi connectivity index (χ4v) is 5.68. The predicted molar refractivity (Wildman–Crippen MR) is 110 cm³/mol. The van der Waals surface area contributed by atoms with Crippen LogP contribution in [0.5, 0.6) is 0 Å². The lowest BCUT2D eigenvalue weighted by molar-refractivity contribution is -0.920. The van der Waals surface area contributed by atoms with Gasteiger partial charge in [0.2, 0.25) is 0 Å². The zero-order valence-electron chi connectivity index (χ0n) is 16.7. The predicted octanol–water partition coefficient (Wildman–Crippen LogP) is 2.71. The van der Waals surface area contributed by atoms with Gasteiger partial charge < -0.3 is 9.47 Å². The summed E-state index contributed by atoms with van der Waals surface area (Å²) in [4.78, 5) is 13.9. The molecule has 1 fully saturated rings. The van der Waals surface area contributed by atoms with Crippen LogP contribution in [0.3, 0.4) is 0 Å². The van der Waals surface area contributed by atoms with Gasteiger partial charge in [0.05, 0.1) is 13.1 Å². The molecular formula is C19H27N6S2+. The SMILES string of the molecule is Cc1sc2nc(C[NH+]3CCC(C)CC3)nc(Sc3nnc(C)n3C)c2c1C. The minimum Gasteiger partial charge on any atom is -0.329 e. The van der Waals surface area contributed by atoms with E-state index in [1.807, 2.05) is 18.5 Å². The Morgan fingerprint density at radius 2 is 1.89 bits per heavy atom. The van der Waals surface area contributed by atoms with Gasteiger partial charge in [-0.2, -0.15) is 0 Å². The van der Waals surface area contributed by atoms with Crippen LogP contribution in [0.4, 0.5) is 0 Å². The maximum absolute atomic E-state index is 4.99. The molecule has 144 valence electrons. The fraction of sp³-hybridized carbons (Fsp3) is 0.579. The molecule has 1 N–H and O–H groups in total. The molecule has 0 amide bonds. The third-order valence-electron chi connectivity index (χ3n) is 5.67. The lowest BCUT2D eigenvalue weighted by Gasteiger charge is -2.26. The highest BCUT2D eigenvalue weighted by molar-refractivity contribution is 7.99. The van der Waals surface area contributed by atoms with Gasteiger partial charge in [-0.1, -0.05) is 6.92 Å². The molecule has 4 heterocycles. The van der Waals surface area contributed by atoms with Crippen LogP contribution < -0.4 is 4.90 Å². The van der Waals surface area contributed by atoms with Gasteiger partial charge in [0.15, 0.2) is 11.0 Å². The number of hydrogen-bond donors (Lipinski definition) is 1. The van der Waals surface area contributed by atoms with Crippen molar-refractivity contribution < 1.29 is 4.90 Å². The Hall–Kier alpha value is -1.51. The summed E-state index contributed by atoms with van der Waals surface area (Å²) in [5.41, 5.74) is 1.28. The highest BCUT2D eigenvalue weighted by Crippen LogP contribution is 2.37. The highest BCUT2D eigenvalue weighted by Gasteiger charge is 2.23. The summed E-state index contributed by atoms with van der Waals surface area (Å²) in [7, 11) is 2.00. The van der Waals surface area contributed by atoms with Crippen molar-refractivity contribution >= 4 is 33.3 Å². The first-order chi connectivity index (χ1) is 12.9. The van der Waals surface area contributed by atoms with E-state index < -0.39 is 0 Å².